The van der Waals surface area contributed by atoms with Crippen molar-refractivity contribution in [1.82, 2.24) is 20.9 Å². The topological polar surface area (TPSA) is 145 Å². The van der Waals surface area contributed by atoms with Crippen LogP contribution in [0.15, 0.2) is 91.0 Å². The average molecular weight is 811 g/mol. The summed E-state index contributed by atoms with van der Waals surface area (Å²) in [5.74, 6) is -0.445. The number of carbonyl (C=O) groups excluding carboxylic acids is 3. The molecule has 4 rings (SSSR count). The van der Waals surface area contributed by atoms with Gasteiger partial charge in [0.25, 0.3) is 0 Å². The molecular formula is C49H62N8O3. The highest BCUT2D eigenvalue weighted by atomic mass is 16.2. The first-order valence-corrected chi connectivity index (χ1v) is 20.1. The molecule has 11 nitrogen and oxygen atoms in total. The van der Waals surface area contributed by atoms with E-state index in [0.29, 0.717) is 42.6 Å². The molecule has 11 heteroatoms. The number of nitriles is 2. The Bertz CT molecular complexity index is 2060. The van der Waals surface area contributed by atoms with Gasteiger partial charge in [0.1, 0.15) is 0 Å². The fourth-order valence-electron chi connectivity index (χ4n) is 6.72. The van der Waals surface area contributed by atoms with Crippen molar-refractivity contribution in [2.24, 2.45) is 11.8 Å². The first-order chi connectivity index (χ1) is 28.8. The summed E-state index contributed by atoms with van der Waals surface area (Å²) in [6, 6.07) is 32.7. The highest BCUT2D eigenvalue weighted by Crippen LogP contribution is 2.30. The van der Waals surface area contributed by atoms with Crippen LogP contribution in [0.25, 0.3) is 0 Å². The van der Waals surface area contributed by atoms with Crippen molar-refractivity contribution in [1.29, 1.82) is 10.5 Å². The highest BCUT2D eigenvalue weighted by molar-refractivity contribution is 6.15. The number of imide groups is 1. The highest BCUT2D eigenvalue weighted by Gasteiger charge is 2.34. The van der Waals surface area contributed by atoms with Crippen LogP contribution in [-0.4, -0.2) is 70.8 Å². The van der Waals surface area contributed by atoms with E-state index in [0.717, 1.165) is 47.3 Å². The molecule has 0 aliphatic carbocycles. The zero-order valence-corrected chi connectivity index (χ0v) is 36.7. The Kier molecular flexibility index (Phi) is 21.6. The average Bonchev–Trinajstić information content (AvgIpc) is 3.25. The number of amides is 4. The smallest absolute Gasteiger partial charge is 0.330 e. The Morgan fingerprint density at radius 3 is 1.77 bits per heavy atom. The summed E-state index contributed by atoms with van der Waals surface area (Å²) in [5, 5.41) is 28.4. The number of nitrogens with zero attached hydrogens (tertiary/aromatic N) is 5. The maximum absolute atomic E-state index is 14.3. The molecule has 4 amide bonds. The molecule has 3 atom stereocenters. The Hall–Kier alpha value is -6.29. The lowest BCUT2D eigenvalue weighted by molar-refractivity contribution is -0.122. The number of terminal acetylenes is 1. The van der Waals surface area contributed by atoms with Crippen LogP contribution in [0.4, 0.5) is 16.2 Å². The summed E-state index contributed by atoms with van der Waals surface area (Å²) in [5.41, 5.74) is 7.97. The molecule has 0 saturated carbocycles. The minimum atomic E-state index is -0.554. The van der Waals surface area contributed by atoms with Gasteiger partial charge in [0.15, 0.2) is 0 Å². The first kappa shape index (κ1) is 49.9. The quantitative estimate of drug-likeness (QED) is 0.0426. The van der Waals surface area contributed by atoms with E-state index in [1.165, 1.54) is 15.4 Å². The van der Waals surface area contributed by atoms with Crippen LogP contribution in [0, 0.1) is 61.2 Å². The maximum atomic E-state index is 14.3. The summed E-state index contributed by atoms with van der Waals surface area (Å²) < 4.78 is 0. The van der Waals surface area contributed by atoms with E-state index >= 15 is 0 Å². The lowest BCUT2D eigenvalue weighted by Gasteiger charge is -2.31. The zero-order valence-electron chi connectivity index (χ0n) is 36.7. The van der Waals surface area contributed by atoms with Crippen LogP contribution in [-0.2, 0) is 16.0 Å². The van der Waals surface area contributed by atoms with Gasteiger partial charge in [-0.25, -0.2) is 9.69 Å². The summed E-state index contributed by atoms with van der Waals surface area (Å²) in [4.78, 5) is 42.8. The van der Waals surface area contributed by atoms with E-state index in [-0.39, 0.29) is 17.7 Å². The second-order valence-corrected chi connectivity index (χ2v) is 15.1. The molecule has 4 aromatic carbocycles. The number of anilines is 2. The third kappa shape index (κ3) is 14.8. The Balaban J connectivity index is 0.000000697. The van der Waals surface area contributed by atoms with E-state index in [1.807, 2.05) is 101 Å². The molecule has 0 aliphatic rings. The van der Waals surface area contributed by atoms with Gasteiger partial charge in [0, 0.05) is 51.4 Å². The number of hydrogen-bond donors (Lipinski definition) is 3. The molecule has 0 spiro atoms. The van der Waals surface area contributed by atoms with Gasteiger partial charge in [-0.3, -0.25) is 9.59 Å². The molecule has 0 fully saturated rings. The SMILES string of the molecule is C#C.CCc1cc(C)cc(N(C(=O)[C@@H](C)[C@@H](CNCNC[C@@H](c2ccc(C#N)cc2)C(C)C)c2ccc(C#N)cc2)C(=O)N(C)C)c1.CNCN(C=O)c1cccc(C)c1. The molecule has 0 saturated heterocycles. The third-order valence-electron chi connectivity index (χ3n) is 10.1. The standard InChI is InChI=1S/C37H46N6O2.C10H14N2O.C2H2/c1-8-28-17-26(4)18-33(19-28)43(37(45)42(6)7)36(44)27(5)35(32-15-11-30(21-39)12-16-32)23-41-24-40-22-34(25(2)3)31-13-9-29(20-38)10-14-31;1-9-4-3-5-10(6-9)12(8-13)7-11-2;1-2/h9-19,25,27,34-35,40-41H,8,22-24H2,1-7H3;3-6,8,11H,7H2,1-2H3;1-2H/t27-,34+,35+;;/m0../s1. The predicted molar refractivity (Wildman–Crippen MR) is 243 cm³/mol. The van der Waals surface area contributed by atoms with Gasteiger partial charge < -0.3 is 25.8 Å². The van der Waals surface area contributed by atoms with Gasteiger partial charge >= 0.3 is 6.03 Å². The number of urea groups is 1. The molecule has 316 valence electrons. The zero-order chi connectivity index (χ0) is 44.8. The number of benzene rings is 4. The minimum Gasteiger partial charge on any atom is -0.330 e. The van der Waals surface area contributed by atoms with Crippen LogP contribution < -0.4 is 25.8 Å². The molecule has 0 aromatic heterocycles. The molecule has 0 heterocycles. The molecule has 60 heavy (non-hydrogen) atoms. The largest absolute Gasteiger partial charge is 0.330 e. The summed E-state index contributed by atoms with van der Waals surface area (Å²) in [7, 11) is 5.11. The van der Waals surface area contributed by atoms with Crippen LogP contribution in [0.3, 0.4) is 0 Å². The van der Waals surface area contributed by atoms with Crippen molar-refractivity contribution in [2.45, 2.75) is 59.8 Å². The molecule has 0 aliphatic heterocycles. The van der Waals surface area contributed by atoms with Crippen molar-refractivity contribution < 1.29 is 14.4 Å². The van der Waals surface area contributed by atoms with Crippen LogP contribution in [0.1, 0.15) is 78.5 Å². The number of nitrogens with one attached hydrogen (secondary N) is 3. The number of carbonyl (C=O) groups is 3. The van der Waals surface area contributed by atoms with Crippen molar-refractivity contribution in [3.05, 3.63) is 130 Å². The normalized spacial score (nSPS) is 11.8. The van der Waals surface area contributed by atoms with Gasteiger partial charge in [0.2, 0.25) is 12.3 Å². The lowest BCUT2D eigenvalue weighted by atomic mass is 9.85. The van der Waals surface area contributed by atoms with E-state index in [2.05, 4.69) is 67.8 Å². The molecule has 4 aromatic rings. The molecule has 0 radical (unpaired) electrons. The van der Waals surface area contributed by atoms with Crippen molar-refractivity contribution in [3.63, 3.8) is 0 Å². The van der Waals surface area contributed by atoms with Crippen molar-refractivity contribution >= 4 is 29.7 Å². The van der Waals surface area contributed by atoms with Crippen LogP contribution in [0.5, 0.6) is 0 Å². The fourth-order valence-corrected chi connectivity index (χ4v) is 6.72. The molecular weight excluding hydrogens is 749 g/mol. The number of hydrogen-bond acceptors (Lipinski definition) is 8. The Labute approximate surface area is 358 Å². The Morgan fingerprint density at radius 2 is 1.30 bits per heavy atom. The molecule has 0 unspecified atom stereocenters. The molecule has 3 N–H and O–H groups in total. The molecule has 0 bridgehead atoms. The van der Waals surface area contributed by atoms with Gasteiger partial charge in [-0.2, -0.15) is 10.5 Å². The first-order valence-electron chi connectivity index (χ1n) is 20.1. The fraction of sp³-hybridized carbons (Fsp3) is 0.367. The monoisotopic (exact) mass is 810 g/mol. The van der Waals surface area contributed by atoms with E-state index in [4.69, 9.17) is 5.26 Å². The lowest BCUT2D eigenvalue weighted by Crippen LogP contribution is -2.48. The van der Waals surface area contributed by atoms with Crippen molar-refractivity contribution in [2.75, 3.05) is 57.4 Å². The van der Waals surface area contributed by atoms with Gasteiger partial charge in [-0.1, -0.05) is 70.2 Å². The van der Waals surface area contributed by atoms with E-state index in [9.17, 15) is 19.6 Å². The second kappa shape index (κ2) is 25.9. The second-order valence-electron chi connectivity index (χ2n) is 15.1. The van der Waals surface area contributed by atoms with Gasteiger partial charge in [0.05, 0.1) is 35.6 Å². The van der Waals surface area contributed by atoms with Crippen molar-refractivity contribution in [3.8, 4) is 25.0 Å². The summed E-state index contributed by atoms with van der Waals surface area (Å²) in [6.45, 7) is 14.5. The van der Waals surface area contributed by atoms with E-state index in [1.54, 1.807) is 31.1 Å². The van der Waals surface area contributed by atoms with Gasteiger partial charge in [-0.15, -0.1) is 12.8 Å². The summed E-state index contributed by atoms with van der Waals surface area (Å²) in [6.07, 6.45) is 9.61. The van der Waals surface area contributed by atoms with Crippen LogP contribution in [0.2, 0.25) is 0 Å². The summed E-state index contributed by atoms with van der Waals surface area (Å²) >= 11 is 0. The van der Waals surface area contributed by atoms with Gasteiger partial charge in [-0.05, 0) is 115 Å². The minimum absolute atomic E-state index is 0.264. The number of aryl methyl sites for hydroxylation is 3. The maximum Gasteiger partial charge on any atom is 0.330 e. The number of rotatable bonds is 17. The van der Waals surface area contributed by atoms with Crippen LogP contribution >= 0.6 is 0 Å². The predicted octanol–water partition coefficient (Wildman–Crippen LogP) is 7.70. The Morgan fingerprint density at radius 1 is 0.767 bits per heavy atom. The third-order valence-corrected chi connectivity index (χ3v) is 10.1. The van der Waals surface area contributed by atoms with E-state index < -0.39 is 11.9 Å².